The van der Waals surface area contributed by atoms with E-state index in [1.807, 2.05) is 11.7 Å². The average Bonchev–Trinajstić information content (AvgIpc) is 2.65. The molecule has 4 heteroatoms. The number of piperidine rings is 1. The first-order chi connectivity index (χ1) is 9.11. The van der Waals surface area contributed by atoms with Gasteiger partial charge in [0.25, 0.3) is 0 Å². The van der Waals surface area contributed by atoms with Crippen molar-refractivity contribution < 1.29 is 0 Å². The molecular formula is C15H28N4. The van der Waals surface area contributed by atoms with E-state index in [2.05, 4.69) is 36.1 Å². The molecule has 0 aliphatic carbocycles. The third-order valence-electron chi connectivity index (χ3n) is 4.40. The standard InChI is InChI=1S/C15H28N4/c1-5-19(10-14-7-6-8-16-9-14)11-15-12(2)17-18(4)13(15)3/h14,16H,5-11H2,1-4H3. The van der Waals surface area contributed by atoms with Crippen LogP contribution in [-0.2, 0) is 13.6 Å². The van der Waals surface area contributed by atoms with Crippen molar-refractivity contribution in [1.82, 2.24) is 20.0 Å². The van der Waals surface area contributed by atoms with E-state index in [1.165, 1.54) is 49.4 Å². The topological polar surface area (TPSA) is 33.1 Å². The van der Waals surface area contributed by atoms with Gasteiger partial charge in [0, 0.05) is 31.4 Å². The van der Waals surface area contributed by atoms with Crippen molar-refractivity contribution in [2.75, 3.05) is 26.2 Å². The van der Waals surface area contributed by atoms with Crippen LogP contribution in [-0.4, -0.2) is 40.9 Å². The van der Waals surface area contributed by atoms with Gasteiger partial charge in [-0.25, -0.2) is 0 Å². The zero-order valence-corrected chi connectivity index (χ0v) is 12.9. The fraction of sp³-hybridized carbons (Fsp3) is 0.800. The van der Waals surface area contributed by atoms with Crippen molar-refractivity contribution >= 4 is 0 Å². The molecule has 2 heterocycles. The summed E-state index contributed by atoms with van der Waals surface area (Å²) in [4.78, 5) is 2.56. The molecule has 0 bridgehead atoms. The van der Waals surface area contributed by atoms with Gasteiger partial charge in [0.15, 0.2) is 0 Å². The van der Waals surface area contributed by atoms with E-state index in [9.17, 15) is 0 Å². The van der Waals surface area contributed by atoms with Gasteiger partial charge in [0.1, 0.15) is 0 Å². The van der Waals surface area contributed by atoms with Gasteiger partial charge in [-0.2, -0.15) is 5.10 Å². The number of nitrogens with zero attached hydrogens (tertiary/aromatic N) is 3. The summed E-state index contributed by atoms with van der Waals surface area (Å²) in [5, 5.41) is 8.03. The molecule has 0 spiro atoms. The van der Waals surface area contributed by atoms with Crippen LogP contribution in [0.15, 0.2) is 0 Å². The normalized spacial score (nSPS) is 20.2. The van der Waals surface area contributed by atoms with E-state index in [-0.39, 0.29) is 0 Å². The van der Waals surface area contributed by atoms with Crippen molar-refractivity contribution in [3.05, 3.63) is 17.0 Å². The Morgan fingerprint density at radius 2 is 2.21 bits per heavy atom. The molecule has 2 rings (SSSR count). The van der Waals surface area contributed by atoms with E-state index >= 15 is 0 Å². The molecule has 1 unspecified atom stereocenters. The summed E-state index contributed by atoms with van der Waals surface area (Å²) in [6, 6.07) is 0. The predicted octanol–water partition coefficient (Wildman–Crippen LogP) is 1.86. The molecular weight excluding hydrogens is 236 g/mol. The largest absolute Gasteiger partial charge is 0.316 e. The number of rotatable bonds is 5. The summed E-state index contributed by atoms with van der Waals surface area (Å²) in [6.45, 7) is 12.3. The highest BCUT2D eigenvalue weighted by molar-refractivity contribution is 5.24. The van der Waals surface area contributed by atoms with Gasteiger partial charge in [0.2, 0.25) is 0 Å². The summed E-state index contributed by atoms with van der Waals surface area (Å²) in [7, 11) is 2.03. The summed E-state index contributed by atoms with van der Waals surface area (Å²) < 4.78 is 2.00. The van der Waals surface area contributed by atoms with E-state index in [0.29, 0.717) is 0 Å². The maximum absolute atomic E-state index is 4.52. The van der Waals surface area contributed by atoms with E-state index < -0.39 is 0 Å². The zero-order chi connectivity index (χ0) is 13.8. The summed E-state index contributed by atoms with van der Waals surface area (Å²) in [5.74, 6) is 0.811. The Labute approximate surface area is 117 Å². The predicted molar refractivity (Wildman–Crippen MR) is 79.2 cm³/mol. The van der Waals surface area contributed by atoms with Crippen molar-refractivity contribution in [2.45, 2.75) is 40.2 Å². The van der Waals surface area contributed by atoms with Gasteiger partial charge in [0.05, 0.1) is 5.69 Å². The minimum Gasteiger partial charge on any atom is -0.316 e. The molecule has 1 aliphatic rings. The van der Waals surface area contributed by atoms with Crippen LogP contribution in [0.1, 0.15) is 36.7 Å². The minimum atomic E-state index is 0.811. The van der Waals surface area contributed by atoms with Crippen LogP contribution in [0.4, 0.5) is 0 Å². The van der Waals surface area contributed by atoms with Crippen LogP contribution < -0.4 is 5.32 Å². The average molecular weight is 264 g/mol. The van der Waals surface area contributed by atoms with Gasteiger partial charge in [-0.15, -0.1) is 0 Å². The molecule has 1 aliphatic heterocycles. The van der Waals surface area contributed by atoms with Crippen molar-refractivity contribution in [1.29, 1.82) is 0 Å². The molecule has 0 saturated carbocycles. The highest BCUT2D eigenvalue weighted by Gasteiger charge is 2.18. The molecule has 1 atom stereocenters. The molecule has 0 radical (unpaired) electrons. The lowest BCUT2D eigenvalue weighted by Crippen LogP contribution is -2.38. The van der Waals surface area contributed by atoms with Crippen LogP contribution in [0.5, 0.6) is 0 Å². The first-order valence-electron chi connectivity index (χ1n) is 7.54. The second-order valence-electron chi connectivity index (χ2n) is 5.81. The molecule has 1 fully saturated rings. The lowest BCUT2D eigenvalue weighted by molar-refractivity contribution is 0.209. The lowest BCUT2D eigenvalue weighted by atomic mass is 9.99. The Hall–Kier alpha value is -0.870. The number of aryl methyl sites for hydroxylation is 2. The summed E-state index contributed by atoms with van der Waals surface area (Å²) in [6.07, 6.45) is 2.70. The first-order valence-corrected chi connectivity index (χ1v) is 7.54. The fourth-order valence-electron chi connectivity index (χ4n) is 3.02. The van der Waals surface area contributed by atoms with Crippen molar-refractivity contribution in [2.24, 2.45) is 13.0 Å². The second kappa shape index (κ2) is 6.53. The Kier molecular flexibility index (Phi) is 4.99. The Bertz CT molecular complexity index is 405. The van der Waals surface area contributed by atoms with Crippen molar-refractivity contribution in [3.63, 3.8) is 0 Å². The van der Waals surface area contributed by atoms with Crippen LogP contribution in [0, 0.1) is 19.8 Å². The molecule has 108 valence electrons. The number of hydrogen-bond acceptors (Lipinski definition) is 3. The molecule has 0 amide bonds. The van der Waals surface area contributed by atoms with E-state index in [0.717, 1.165) is 19.0 Å². The highest BCUT2D eigenvalue weighted by atomic mass is 15.3. The van der Waals surface area contributed by atoms with Crippen LogP contribution in [0.3, 0.4) is 0 Å². The minimum absolute atomic E-state index is 0.811. The van der Waals surface area contributed by atoms with Crippen LogP contribution in [0.25, 0.3) is 0 Å². The second-order valence-corrected chi connectivity index (χ2v) is 5.81. The Balaban J connectivity index is 1.98. The number of hydrogen-bond donors (Lipinski definition) is 1. The zero-order valence-electron chi connectivity index (χ0n) is 12.9. The Morgan fingerprint density at radius 1 is 1.42 bits per heavy atom. The van der Waals surface area contributed by atoms with Gasteiger partial charge < -0.3 is 5.32 Å². The molecule has 4 nitrogen and oxygen atoms in total. The van der Waals surface area contributed by atoms with Crippen LogP contribution in [0.2, 0.25) is 0 Å². The lowest BCUT2D eigenvalue weighted by Gasteiger charge is -2.29. The van der Waals surface area contributed by atoms with Crippen LogP contribution >= 0.6 is 0 Å². The molecule has 1 N–H and O–H groups in total. The molecule has 0 aromatic carbocycles. The molecule has 1 aromatic rings. The third kappa shape index (κ3) is 3.57. The third-order valence-corrected chi connectivity index (χ3v) is 4.40. The maximum atomic E-state index is 4.52. The monoisotopic (exact) mass is 264 g/mol. The first kappa shape index (κ1) is 14.5. The van der Waals surface area contributed by atoms with Gasteiger partial charge in [-0.1, -0.05) is 6.92 Å². The smallest absolute Gasteiger partial charge is 0.0641 e. The fourth-order valence-corrected chi connectivity index (χ4v) is 3.02. The van der Waals surface area contributed by atoms with Gasteiger partial charge in [-0.05, 0) is 52.2 Å². The van der Waals surface area contributed by atoms with Gasteiger partial charge in [-0.3, -0.25) is 9.58 Å². The Morgan fingerprint density at radius 3 is 2.74 bits per heavy atom. The number of aromatic nitrogens is 2. The SMILES string of the molecule is CCN(Cc1c(C)nn(C)c1C)CC1CCCNC1. The molecule has 19 heavy (non-hydrogen) atoms. The summed E-state index contributed by atoms with van der Waals surface area (Å²) >= 11 is 0. The number of nitrogens with one attached hydrogen (secondary N) is 1. The highest BCUT2D eigenvalue weighted by Crippen LogP contribution is 2.17. The van der Waals surface area contributed by atoms with Crippen molar-refractivity contribution in [3.8, 4) is 0 Å². The van der Waals surface area contributed by atoms with E-state index in [1.54, 1.807) is 0 Å². The quantitative estimate of drug-likeness (QED) is 0.881. The maximum Gasteiger partial charge on any atom is 0.0641 e. The molecule has 1 saturated heterocycles. The van der Waals surface area contributed by atoms with E-state index in [4.69, 9.17) is 0 Å². The van der Waals surface area contributed by atoms with Gasteiger partial charge >= 0.3 is 0 Å². The summed E-state index contributed by atoms with van der Waals surface area (Å²) in [5.41, 5.74) is 3.89. The molecule has 1 aromatic heterocycles.